The Labute approximate surface area is 150 Å². The molecule has 26 heavy (non-hydrogen) atoms. The number of hydrogen-bond acceptors (Lipinski definition) is 4. The van der Waals surface area contributed by atoms with Gasteiger partial charge in [0.1, 0.15) is 5.69 Å². The summed E-state index contributed by atoms with van der Waals surface area (Å²) in [7, 11) is 0. The molecule has 2 heterocycles. The lowest BCUT2D eigenvalue weighted by atomic mass is 10.0. The maximum Gasteiger partial charge on any atom is 0.330 e. The molecule has 0 spiro atoms. The highest BCUT2D eigenvalue weighted by atomic mass is 16.3. The van der Waals surface area contributed by atoms with Gasteiger partial charge in [0.05, 0.1) is 17.7 Å². The van der Waals surface area contributed by atoms with Gasteiger partial charge in [0, 0.05) is 17.7 Å². The number of imidazole rings is 1. The minimum absolute atomic E-state index is 0.0985. The Hall–Kier alpha value is -3.12. The molecule has 0 amide bonds. The van der Waals surface area contributed by atoms with E-state index in [1.165, 1.54) is 6.39 Å². The molecule has 0 atom stereocenters. The minimum atomic E-state index is -0.0985. The molecule has 0 radical (unpaired) electrons. The van der Waals surface area contributed by atoms with E-state index in [4.69, 9.17) is 10.2 Å². The summed E-state index contributed by atoms with van der Waals surface area (Å²) in [6.45, 7) is 4.72. The van der Waals surface area contributed by atoms with Gasteiger partial charge >= 0.3 is 5.69 Å². The summed E-state index contributed by atoms with van der Waals surface area (Å²) in [6.07, 6.45) is 1.45. The lowest BCUT2D eigenvalue weighted by Gasteiger charge is -2.05. The van der Waals surface area contributed by atoms with Gasteiger partial charge in [-0.05, 0) is 38.1 Å². The zero-order valence-electron chi connectivity index (χ0n) is 14.8. The average Bonchev–Trinajstić information content (AvgIpc) is 3.23. The number of oxazole rings is 1. The smallest absolute Gasteiger partial charge is 0.330 e. The minimum Gasteiger partial charge on any atom is -0.443 e. The fourth-order valence-electron chi connectivity index (χ4n) is 3.39. The van der Waals surface area contributed by atoms with E-state index in [9.17, 15) is 4.79 Å². The van der Waals surface area contributed by atoms with Crippen LogP contribution in [0.5, 0.6) is 0 Å². The first-order chi connectivity index (χ1) is 12.6. The van der Waals surface area contributed by atoms with Gasteiger partial charge in [0.25, 0.3) is 0 Å². The molecule has 6 heteroatoms. The Kier molecular flexibility index (Phi) is 3.97. The molecule has 2 N–H and O–H groups in total. The van der Waals surface area contributed by atoms with Crippen LogP contribution >= 0.6 is 0 Å². The summed E-state index contributed by atoms with van der Waals surface area (Å²) in [5, 5.41) is 0. The van der Waals surface area contributed by atoms with E-state index in [1.807, 2.05) is 50.2 Å². The van der Waals surface area contributed by atoms with Crippen LogP contribution in [0.4, 0.5) is 0 Å². The normalized spacial score (nSPS) is 11.3. The standard InChI is InChI=1S/C20H20N4O2/c1-3-23-16-8-7-15(10-17(16)24(11-21)20(23)25)19-18(22-12-26-19)14-6-4-5-13(2)9-14/h4-10,12H,3,11,21H2,1-2H3. The van der Waals surface area contributed by atoms with Crippen molar-refractivity contribution in [3.8, 4) is 22.6 Å². The van der Waals surface area contributed by atoms with Crippen molar-refractivity contribution in [3.05, 3.63) is 64.9 Å². The monoisotopic (exact) mass is 348 g/mol. The molecule has 2 aromatic carbocycles. The second-order valence-electron chi connectivity index (χ2n) is 6.24. The van der Waals surface area contributed by atoms with Crippen LogP contribution in [-0.2, 0) is 13.2 Å². The van der Waals surface area contributed by atoms with Crippen molar-refractivity contribution in [2.45, 2.75) is 27.1 Å². The summed E-state index contributed by atoms with van der Waals surface area (Å²) >= 11 is 0. The summed E-state index contributed by atoms with van der Waals surface area (Å²) in [4.78, 5) is 16.9. The number of aromatic nitrogens is 3. The highest BCUT2D eigenvalue weighted by molar-refractivity contribution is 5.85. The molecule has 4 rings (SSSR count). The van der Waals surface area contributed by atoms with E-state index in [-0.39, 0.29) is 12.4 Å². The molecule has 2 aromatic heterocycles. The molecule has 0 bridgehead atoms. The van der Waals surface area contributed by atoms with E-state index in [0.717, 1.165) is 33.4 Å². The molecular weight excluding hydrogens is 328 g/mol. The number of fused-ring (bicyclic) bond motifs is 1. The van der Waals surface area contributed by atoms with Crippen LogP contribution < -0.4 is 11.4 Å². The van der Waals surface area contributed by atoms with Gasteiger partial charge in [-0.25, -0.2) is 9.78 Å². The van der Waals surface area contributed by atoms with Gasteiger partial charge in [-0.15, -0.1) is 0 Å². The number of hydrogen-bond donors (Lipinski definition) is 1. The predicted molar refractivity (Wildman–Crippen MR) is 102 cm³/mol. The van der Waals surface area contributed by atoms with Gasteiger partial charge in [0.2, 0.25) is 0 Å². The number of nitrogens with two attached hydrogens (primary N) is 1. The van der Waals surface area contributed by atoms with E-state index < -0.39 is 0 Å². The third-order valence-electron chi connectivity index (χ3n) is 4.64. The zero-order chi connectivity index (χ0) is 18.3. The largest absolute Gasteiger partial charge is 0.443 e. The van der Waals surface area contributed by atoms with Crippen LogP contribution in [0.3, 0.4) is 0 Å². The van der Waals surface area contributed by atoms with E-state index in [1.54, 1.807) is 9.13 Å². The van der Waals surface area contributed by atoms with Gasteiger partial charge in [0.15, 0.2) is 12.2 Å². The quantitative estimate of drug-likeness (QED) is 0.613. The van der Waals surface area contributed by atoms with E-state index in [2.05, 4.69) is 11.1 Å². The molecule has 0 aliphatic carbocycles. The molecule has 0 aliphatic heterocycles. The first-order valence-electron chi connectivity index (χ1n) is 8.58. The van der Waals surface area contributed by atoms with Crippen molar-refractivity contribution in [1.29, 1.82) is 0 Å². The lowest BCUT2D eigenvalue weighted by molar-refractivity contribution is 0.572. The molecule has 6 nitrogen and oxygen atoms in total. The van der Waals surface area contributed by atoms with Crippen LogP contribution in [0, 0.1) is 6.92 Å². The summed E-state index contributed by atoms with van der Waals surface area (Å²) in [5.74, 6) is 0.678. The summed E-state index contributed by atoms with van der Waals surface area (Å²) in [5.41, 5.74) is 11.2. The van der Waals surface area contributed by atoms with Gasteiger partial charge in [-0.1, -0.05) is 23.8 Å². The van der Waals surface area contributed by atoms with E-state index >= 15 is 0 Å². The van der Waals surface area contributed by atoms with Crippen molar-refractivity contribution in [2.24, 2.45) is 5.73 Å². The van der Waals surface area contributed by atoms with Crippen molar-refractivity contribution in [2.75, 3.05) is 0 Å². The van der Waals surface area contributed by atoms with Crippen molar-refractivity contribution >= 4 is 11.0 Å². The van der Waals surface area contributed by atoms with E-state index in [0.29, 0.717) is 12.3 Å². The van der Waals surface area contributed by atoms with Gasteiger partial charge in [-0.2, -0.15) is 0 Å². The first kappa shape index (κ1) is 16.4. The molecule has 0 aliphatic rings. The van der Waals surface area contributed by atoms with Crippen LogP contribution in [0.25, 0.3) is 33.6 Å². The summed E-state index contributed by atoms with van der Waals surface area (Å²) in [6, 6.07) is 14.0. The molecule has 132 valence electrons. The predicted octanol–water partition coefficient (Wildman–Crippen LogP) is 3.37. The molecule has 0 saturated carbocycles. The second-order valence-corrected chi connectivity index (χ2v) is 6.24. The van der Waals surface area contributed by atoms with Crippen LogP contribution in [0.2, 0.25) is 0 Å². The highest BCUT2D eigenvalue weighted by Crippen LogP contribution is 2.33. The topological polar surface area (TPSA) is 79.0 Å². The second kappa shape index (κ2) is 6.31. The van der Waals surface area contributed by atoms with Gasteiger partial charge in [-0.3, -0.25) is 9.13 Å². The van der Waals surface area contributed by atoms with Crippen molar-refractivity contribution in [3.63, 3.8) is 0 Å². The van der Waals surface area contributed by atoms with Crippen LogP contribution in [0.1, 0.15) is 12.5 Å². The molecule has 4 aromatic rings. The Bertz CT molecular complexity index is 1150. The highest BCUT2D eigenvalue weighted by Gasteiger charge is 2.17. The lowest BCUT2D eigenvalue weighted by Crippen LogP contribution is -2.26. The maximum atomic E-state index is 12.5. The van der Waals surface area contributed by atoms with Crippen LogP contribution in [-0.4, -0.2) is 14.1 Å². The summed E-state index contributed by atoms with van der Waals surface area (Å²) < 4.78 is 8.98. The fourth-order valence-corrected chi connectivity index (χ4v) is 3.39. The Morgan fingerprint density at radius 1 is 1.08 bits per heavy atom. The Morgan fingerprint density at radius 2 is 1.92 bits per heavy atom. The zero-order valence-corrected chi connectivity index (χ0v) is 14.8. The number of rotatable bonds is 4. The third-order valence-corrected chi connectivity index (χ3v) is 4.64. The average molecular weight is 348 g/mol. The van der Waals surface area contributed by atoms with Gasteiger partial charge < -0.3 is 10.2 Å². The first-order valence-corrected chi connectivity index (χ1v) is 8.58. The third kappa shape index (κ3) is 2.46. The molecule has 0 saturated heterocycles. The molecular formula is C20H20N4O2. The Balaban J connectivity index is 1.92. The number of aryl methyl sites for hydroxylation is 2. The number of nitrogens with zero attached hydrogens (tertiary/aromatic N) is 3. The SMILES string of the molecule is CCn1c(=O)n(CN)c2cc(-c3ocnc3-c3cccc(C)c3)ccc21. The molecule has 0 fully saturated rings. The number of benzene rings is 2. The Morgan fingerprint density at radius 3 is 2.65 bits per heavy atom. The molecule has 0 unspecified atom stereocenters. The fraction of sp³-hybridized carbons (Fsp3) is 0.200. The maximum absolute atomic E-state index is 12.5. The van der Waals surface area contributed by atoms with Crippen molar-refractivity contribution in [1.82, 2.24) is 14.1 Å². The van der Waals surface area contributed by atoms with Crippen LogP contribution in [0.15, 0.2) is 58.1 Å². The van der Waals surface area contributed by atoms with Crippen molar-refractivity contribution < 1.29 is 4.42 Å².